The fourth-order valence-electron chi connectivity index (χ4n) is 2.06. The Morgan fingerprint density at radius 3 is 2.88 bits per heavy atom. The quantitative estimate of drug-likeness (QED) is 0.606. The number of aromatic nitrogens is 2. The molecule has 0 unspecified atom stereocenters. The van der Waals surface area contributed by atoms with Gasteiger partial charge in [0.25, 0.3) is 0 Å². The molecule has 0 atom stereocenters. The van der Waals surface area contributed by atoms with E-state index in [0.717, 1.165) is 21.4 Å². The summed E-state index contributed by atoms with van der Waals surface area (Å²) in [5, 5.41) is 14.9. The number of aryl methyl sites for hydroxylation is 2. The van der Waals surface area contributed by atoms with Crippen LogP contribution in [0.1, 0.15) is 16.9 Å². The molecule has 0 fully saturated rings. The molecular formula is C17H18N4O2S2. The molecule has 0 saturated carbocycles. The number of nitrogens with one attached hydrogen (secondary N) is 2. The molecule has 1 amide bonds. The molecule has 8 heteroatoms. The molecule has 0 bridgehead atoms. The van der Waals surface area contributed by atoms with Gasteiger partial charge in [-0.1, -0.05) is 29.2 Å². The molecule has 3 aromatic rings. The van der Waals surface area contributed by atoms with E-state index in [4.69, 9.17) is 4.42 Å². The molecule has 6 nitrogen and oxygen atoms in total. The minimum absolute atomic E-state index is 0.0615. The smallest absolute Gasteiger partial charge is 0.234 e. The van der Waals surface area contributed by atoms with E-state index >= 15 is 0 Å². The van der Waals surface area contributed by atoms with Gasteiger partial charge in [-0.2, -0.15) is 0 Å². The first kappa shape index (κ1) is 17.5. The average molecular weight is 374 g/mol. The van der Waals surface area contributed by atoms with Gasteiger partial charge in [-0.25, -0.2) is 0 Å². The monoisotopic (exact) mass is 374 g/mol. The van der Waals surface area contributed by atoms with Gasteiger partial charge in [0.2, 0.25) is 11.0 Å². The highest BCUT2D eigenvalue weighted by atomic mass is 32.2. The van der Waals surface area contributed by atoms with Gasteiger partial charge in [-0.05, 0) is 49.2 Å². The third-order valence-electron chi connectivity index (χ3n) is 3.52. The zero-order valence-electron chi connectivity index (χ0n) is 13.9. The van der Waals surface area contributed by atoms with Crippen molar-refractivity contribution in [2.45, 2.75) is 24.7 Å². The van der Waals surface area contributed by atoms with E-state index in [0.29, 0.717) is 17.4 Å². The highest BCUT2D eigenvalue weighted by Gasteiger charge is 2.09. The Morgan fingerprint density at radius 1 is 1.24 bits per heavy atom. The predicted octanol–water partition coefficient (Wildman–Crippen LogP) is 4.09. The molecule has 2 heterocycles. The molecule has 2 aromatic heterocycles. The highest BCUT2D eigenvalue weighted by molar-refractivity contribution is 8.01. The highest BCUT2D eigenvalue weighted by Crippen LogP contribution is 2.26. The van der Waals surface area contributed by atoms with Gasteiger partial charge in [0.15, 0.2) is 4.34 Å². The van der Waals surface area contributed by atoms with Crippen LogP contribution < -0.4 is 10.6 Å². The van der Waals surface area contributed by atoms with E-state index in [9.17, 15) is 4.79 Å². The molecule has 1 aromatic carbocycles. The van der Waals surface area contributed by atoms with Gasteiger partial charge in [0.1, 0.15) is 5.76 Å². The lowest BCUT2D eigenvalue weighted by Crippen LogP contribution is -2.14. The molecule has 0 radical (unpaired) electrons. The topological polar surface area (TPSA) is 80.0 Å². The Morgan fingerprint density at radius 2 is 2.12 bits per heavy atom. The van der Waals surface area contributed by atoms with Crippen molar-refractivity contribution in [2.75, 3.05) is 16.4 Å². The summed E-state index contributed by atoms with van der Waals surface area (Å²) in [5.41, 5.74) is 3.17. The molecule has 0 aliphatic carbocycles. The van der Waals surface area contributed by atoms with Crippen LogP contribution in [-0.2, 0) is 11.3 Å². The normalized spacial score (nSPS) is 10.6. The lowest BCUT2D eigenvalue weighted by Gasteiger charge is -2.06. The number of benzene rings is 1. The van der Waals surface area contributed by atoms with Crippen molar-refractivity contribution in [3.8, 4) is 0 Å². The molecule has 2 N–H and O–H groups in total. The number of carbonyl (C=O) groups excluding carboxylic acids is 1. The second-order valence-corrected chi connectivity index (χ2v) is 7.64. The van der Waals surface area contributed by atoms with E-state index in [1.165, 1.54) is 28.7 Å². The summed E-state index contributed by atoms with van der Waals surface area (Å²) in [6, 6.07) is 9.61. The Labute approximate surface area is 154 Å². The van der Waals surface area contributed by atoms with Gasteiger partial charge in [0.05, 0.1) is 18.6 Å². The number of anilines is 2. The fourth-order valence-corrected chi connectivity index (χ4v) is 3.61. The predicted molar refractivity (Wildman–Crippen MR) is 101 cm³/mol. The Balaban J connectivity index is 1.46. The number of hydrogen-bond donors (Lipinski definition) is 2. The standard InChI is InChI=1S/C17H18N4O2S2/c1-11-5-6-13(8-12(11)2)19-15(22)10-24-17-21-20-16(25-17)18-9-14-4-3-7-23-14/h3-8H,9-10H2,1-2H3,(H,18,20)(H,19,22). The Bertz CT molecular complexity index is 846. The van der Waals surface area contributed by atoms with Crippen LogP contribution in [0.4, 0.5) is 10.8 Å². The van der Waals surface area contributed by atoms with E-state index in [1.807, 2.05) is 44.2 Å². The van der Waals surface area contributed by atoms with Gasteiger partial charge >= 0.3 is 0 Å². The molecule has 0 aliphatic heterocycles. The first-order valence-corrected chi connectivity index (χ1v) is 9.50. The number of furan rings is 1. The number of carbonyl (C=O) groups is 1. The number of amides is 1. The Kier molecular flexibility index (Phi) is 5.72. The number of nitrogens with zero attached hydrogens (tertiary/aromatic N) is 2. The van der Waals surface area contributed by atoms with Crippen molar-refractivity contribution in [3.05, 3.63) is 53.5 Å². The zero-order chi connectivity index (χ0) is 17.6. The summed E-state index contributed by atoms with van der Waals surface area (Å²) in [4.78, 5) is 12.1. The summed E-state index contributed by atoms with van der Waals surface area (Å²) < 4.78 is 6.00. The Hall–Kier alpha value is -2.32. The third-order valence-corrected chi connectivity index (χ3v) is 5.53. The van der Waals surface area contributed by atoms with Crippen LogP contribution in [0.5, 0.6) is 0 Å². The second-order valence-electron chi connectivity index (χ2n) is 5.44. The summed E-state index contributed by atoms with van der Waals surface area (Å²) in [7, 11) is 0. The van der Waals surface area contributed by atoms with Crippen molar-refractivity contribution in [1.29, 1.82) is 0 Å². The second kappa shape index (κ2) is 8.17. The first-order valence-electron chi connectivity index (χ1n) is 7.70. The maximum atomic E-state index is 12.1. The van der Waals surface area contributed by atoms with Crippen LogP contribution in [0.3, 0.4) is 0 Å². The first-order chi connectivity index (χ1) is 12.1. The summed E-state index contributed by atoms with van der Waals surface area (Å²) >= 11 is 2.78. The van der Waals surface area contributed by atoms with Crippen molar-refractivity contribution < 1.29 is 9.21 Å². The van der Waals surface area contributed by atoms with E-state index in [-0.39, 0.29) is 5.91 Å². The molecule has 25 heavy (non-hydrogen) atoms. The minimum Gasteiger partial charge on any atom is -0.467 e. The summed E-state index contributed by atoms with van der Waals surface area (Å²) in [5.74, 6) is 1.06. The molecule has 0 aliphatic rings. The molecule has 0 saturated heterocycles. The summed E-state index contributed by atoms with van der Waals surface area (Å²) in [6.45, 7) is 4.63. The maximum absolute atomic E-state index is 12.1. The van der Waals surface area contributed by atoms with Crippen LogP contribution in [0.2, 0.25) is 0 Å². The number of rotatable bonds is 7. The van der Waals surface area contributed by atoms with Crippen molar-refractivity contribution in [1.82, 2.24) is 10.2 Å². The van der Waals surface area contributed by atoms with Crippen LogP contribution in [-0.4, -0.2) is 21.9 Å². The average Bonchev–Trinajstić information content (AvgIpc) is 3.26. The summed E-state index contributed by atoms with van der Waals surface area (Å²) in [6.07, 6.45) is 1.63. The maximum Gasteiger partial charge on any atom is 0.234 e. The van der Waals surface area contributed by atoms with Crippen molar-refractivity contribution >= 4 is 39.8 Å². The molecule has 3 rings (SSSR count). The minimum atomic E-state index is -0.0615. The van der Waals surface area contributed by atoms with Crippen LogP contribution in [0.25, 0.3) is 0 Å². The number of hydrogen-bond acceptors (Lipinski definition) is 7. The SMILES string of the molecule is Cc1ccc(NC(=O)CSc2nnc(NCc3ccco3)s2)cc1C. The van der Waals surface area contributed by atoms with Crippen LogP contribution in [0.15, 0.2) is 45.4 Å². The van der Waals surface area contributed by atoms with E-state index in [2.05, 4.69) is 20.8 Å². The van der Waals surface area contributed by atoms with E-state index in [1.54, 1.807) is 6.26 Å². The lowest BCUT2D eigenvalue weighted by atomic mass is 10.1. The van der Waals surface area contributed by atoms with Gasteiger partial charge in [0, 0.05) is 5.69 Å². The third kappa shape index (κ3) is 5.07. The zero-order valence-corrected chi connectivity index (χ0v) is 15.5. The van der Waals surface area contributed by atoms with Crippen LogP contribution in [0, 0.1) is 13.8 Å². The van der Waals surface area contributed by atoms with Crippen LogP contribution >= 0.6 is 23.1 Å². The molecule has 0 spiro atoms. The lowest BCUT2D eigenvalue weighted by molar-refractivity contribution is -0.113. The fraction of sp³-hybridized carbons (Fsp3) is 0.235. The largest absolute Gasteiger partial charge is 0.467 e. The van der Waals surface area contributed by atoms with E-state index < -0.39 is 0 Å². The van der Waals surface area contributed by atoms with Gasteiger partial charge < -0.3 is 15.1 Å². The van der Waals surface area contributed by atoms with Crippen molar-refractivity contribution in [2.24, 2.45) is 0 Å². The molecular weight excluding hydrogens is 356 g/mol. The number of thioether (sulfide) groups is 1. The van der Waals surface area contributed by atoms with Gasteiger partial charge in [-0.3, -0.25) is 4.79 Å². The molecule has 130 valence electrons. The van der Waals surface area contributed by atoms with Crippen molar-refractivity contribution in [3.63, 3.8) is 0 Å². The van der Waals surface area contributed by atoms with Gasteiger partial charge in [-0.15, -0.1) is 10.2 Å².